The van der Waals surface area contributed by atoms with Crippen molar-refractivity contribution in [1.29, 1.82) is 0 Å². The zero-order chi connectivity index (χ0) is 16.9. The number of aryl methyl sites for hydroxylation is 1. The van der Waals surface area contributed by atoms with Crippen LogP contribution in [0.4, 0.5) is 0 Å². The van der Waals surface area contributed by atoms with E-state index in [1.54, 1.807) is 5.57 Å². The second-order valence-corrected chi connectivity index (χ2v) is 5.99. The Morgan fingerprint density at radius 2 is 1.52 bits per heavy atom. The van der Waals surface area contributed by atoms with Gasteiger partial charge in [-0.15, -0.1) is 13.1 Å². The van der Waals surface area contributed by atoms with Crippen LogP contribution in [0.15, 0.2) is 48.2 Å². The smallest absolute Gasteiger partial charge is 0.220 e. The molecule has 1 aromatic heterocycles. The van der Waals surface area contributed by atoms with E-state index in [1.807, 2.05) is 13.8 Å². The molecule has 0 unspecified atom stereocenters. The van der Waals surface area contributed by atoms with E-state index in [9.17, 15) is 0 Å². The molecule has 127 valence electrons. The summed E-state index contributed by atoms with van der Waals surface area (Å²) in [7, 11) is 2.15. The van der Waals surface area contributed by atoms with Crippen molar-refractivity contribution in [2.75, 3.05) is 13.1 Å². The van der Waals surface area contributed by atoms with Crippen molar-refractivity contribution in [1.82, 2.24) is 0 Å². The monoisotopic (exact) mass is 407 g/mol. The van der Waals surface area contributed by atoms with Gasteiger partial charge in [0, 0.05) is 44.3 Å². The third-order valence-electron chi connectivity index (χ3n) is 4.62. The standard InChI is InChI=1S/C20H20N2.C2H6.Y/c1-22-14-4-6-17-9-8-15-5-2-3-7-18(15)19(20(17)22)16-10-12-21-13-11-16;1-2;/h2-9,14H,10-13H2,1H3;1-2H3;. The van der Waals surface area contributed by atoms with Crippen molar-refractivity contribution in [3.05, 3.63) is 75.9 Å². The molecule has 0 N–H and O–H groups in total. The molecule has 0 amide bonds. The van der Waals surface area contributed by atoms with E-state index in [1.165, 1.54) is 28.0 Å². The number of benzene rings is 1. The SMILES string of the molecule is CC.C[n+]1cccc2c1C(=C1CC[N-]CC1)c1ccccc1C=C2.[Y]. The molecule has 2 aromatic rings. The predicted molar refractivity (Wildman–Crippen MR) is 103 cm³/mol. The van der Waals surface area contributed by atoms with Gasteiger partial charge in [-0.05, 0) is 36.1 Å². The van der Waals surface area contributed by atoms with E-state index < -0.39 is 0 Å². The first-order chi connectivity index (χ1) is 11.8. The van der Waals surface area contributed by atoms with Gasteiger partial charge in [-0.25, -0.2) is 4.57 Å². The van der Waals surface area contributed by atoms with Crippen LogP contribution in [-0.4, -0.2) is 13.1 Å². The fraction of sp³-hybridized carbons (Fsp3) is 0.318. The predicted octanol–water partition coefficient (Wildman–Crippen LogP) is 4.99. The maximum absolute atomic E-state index is 4.52. The van der Waals surface area contributed by atoms with Crippen molar-refractivity contribution >= 4 is 17.7 Å². The Bertz CT molecular complexity index is 782. The number of fused-ring (bicyclic) bond motifs is 2. The molecule has 1 fully saturated rings. The molecule has 1 saturated heterocycles. The Balaban J connectivity index is 0.000000726. The van der Waals surface area contributed by atoms with Crippen LogP contribution in [0.3, 0.4) is 0 Å². The van der Waals surface area contributed by atoms with Gasteiger partial charge in [0.15, 0.2) is 6.20 Å². The Morgan fingerprint density at radius 3 is 2.28 bits per heavy atom. The van der Waals surface area contributed by atoms with Crippen molar-refractivity contribution in [3.8, 4) is 0 Å². The van der Waals surface area contributed by atoms with Crippen molar-refractivity contribution in [2.24, 2.45) is 7.05 Å². The molecule has 0 atom stereocenters. The van der Waals surface area contributed by atoms with Gasteiger partial charge in [-0.3, -0.25) is 0 Å². The molecule has 1 aromatic carbocycles. The summed E-state index contributed by atoms with van der Waals surface area (Å²) in [6.45, 7) is 5.92. The second-order valence-electron chi connectivity index (χ2n) is 5.99. The van der Waals surface area contributed by atoms with E-state index in [-0.39, 0.29) is 32.7 Å². The summed E-state index contributed by atoms with van der Waals surface area (Å²) in [6, 6.07) is 13.1. The third-order valence-corrected chi connectivity index (χ3v) is 4.62. The van der Waals surface area contributed by atoms with Gasteiger partial charge in [0.25, 0.3) is 0 Å². The normalized spacial score (nSPS) is 15.2. The average Bonchev–Trinajstić information content (AvgIpc) is 2.82. The van der Waals surface area contributed by atoms with Crippen molar-refractivity contribution in [2.45, 2.75) is 26.7 Å². The first-order valence-corrected chi connectivity index (χ1v) is 8.96. The molecule has 3 heteroatoms. The van der Waals surface area contributed by atoms with Crippen LogP contribution in [0.5, 0.6) is 0 Å². The van der Waals surface area contributed by atoms with Crippen molar-refractivity contribution in [3.63, 3.8) is 0 Å². The zero-order valence-electron chi connectivity index (χ0n) is 15.5. The van der Waals surface area contributed by atoms with Gasteiger partial charge in [0.2, 0.25) is 5.69 Å². The van der Waals surface area contributed by atoms with Crippen LogP contribution in [-0.2, 0) is 39.8 Å². The van der Waals surface area contributed by atoms with Crippen LogP contribution in [0, 0.1) is 0 Å². The fourth-order valence-corrected chi connectivity index (χ4v) is 3.54. The van der Waals surface area contributed by atoms with Crippen LogP contribution in [0.1, 0.15) is 49.1 Å². The maximum atomic E-state index is 4.52. The van der Waals surface area contributed by atoms with E-state index in [0.717, 1.165) is 25.9 Å². The van der Waals surface area contributed by atoms with E-state index in [2.05, 4.69) is 71.7 Å². The molecule has 0 spiro atoms. The minimum absolute atomic E-state index is 0. The summed E-state index contributed by atoms with van der Waals surface area (Å²) in [5.41, 5.74) is 8.27. The molecule has 1 aliphatic heterocycles. The minimum atomic E-state index is 0. The third kappa shape index (κ3) is 4.19. The molecule has 0 bridgehead atoms. The largest absolute Gasteiger partial charge is 0.662 e. The van der Waals surface area contributed by atoms with Gasteiger partial charge in [-0.2, -0.15) is 0 Å². The topological polar surface area (TPSA) is 18.0 Å². The number of pyridine rings is 1. The van der Waals surface area contributed by atoms with Crippen LogP contribution < -0.4 is 4.57 Å². The Hall–Kier alpha value is -1.09. The molecular formula is C22H26N2Y. The van der Waals surface area contributed by atoms with Crippen molar-refractivity contribution < 1.29 is 37.3 Å². The molecule has 25 heavy (non-hydrogen) atoms. The van der Waals surface area contributed by atoms with Crippen LogP contribution in [0.25, 0.3) is 23.0 Å². The summed E-state index contributed by atoms with van der Waals surface area (Å²) < 4.78 is 2.26. The molecule has 2 aliphatic rings. The molecule has 1 radical (unpaired) electrons. The quantitative estimate of drug-likeness (QED) is 0.468. The number of aromatic nitrogens is 1. The first kappa shape index (κ1) is 20.2. The van der Waals surface area contributed by atoms with Crippen LogP contribution in [0.2, 0.25) is 0 Å². The number of rotatable bonds is 0. The maximum Gasteiger partial charge on any atom is 0.220 e. The second kappa shape index (κ2) is 9.57. The van der Waals surface area contributed by atoms with E-state index in [0.29, 0.717) is 0 Å². The van der Waals surface area contributed by atoms with E-state index >= 15 is 0 Å². The Morgan fingerprint density at radius 1 is 0.880 bits per heavy atom. The zero-order valence-corrected chi connectivity index (χ0v) is 18.3. The van der Waals surface area contributed by atoms with Gasteiger partial charge >= 0.3 is 0 Å². The number of hydrogen-bond donors (Lipinski definition) is 0. The molecular weight excluding hydrogens is 381 g/mol. The number of nitrogens with zero attached hydrogens (tertiary/aromatic N) is 2. The summed E-state index contributed by atoms with van der Waals surface area (Å²) >= 11 is 0. The summed E-state index contributed by atoms with van der Waals surface area (Å²) in [6.07, 6.45) is 8.80. The molecule has 2 nitrogen and oxygen atoms in total. The number of piperidine rings is 1. The fourth-order valence-electron chi connectivity index (χ4n) is 3.54. The van der Waals surface area contributed by atoms with Gasteiger partial charge in [-0.1, -0.05) is 49.8 Å². The van der Waals surface area contributed by atoms with Gasteiger partial charge < -0.3 is 5.32 Å². The minimum Gasteiger partial charge on any atom is -0.662 e. The Kier molecular flexibility index (Phi) is 7.74. The van der Waals surface area contributed by atoms with Crippen LogP contribution >= 0.6 is 0 Å². The van der Waals surface area contributed by atoms with E-state index in [4.69, 9.17) is 0 Å². The summed E-state index contributed by atoms with van der Waals surface area (Å²) in [5, 5.41) is 4.52. The number of hydrogen-bond acceptors (Lipinski definition) is 0. The summed E-state index contributed by atoms with van der Waals surface area (Å²) in [5.74, 6) is 0. The molecule has 1 aliphatic carbocycles. The molecule has 2 heterocycles. The molecule has 0 saturated carbocycles. The average molecular weight is 407 g/mol. The van der Waals surface area contributed by atoms with Gasteiger partial charge in [0.1, 0.15) is 7.05 Å². The first-order valence-electron chi connectivity index (χ1n) is 8.96. The van der Waals surface area contributed by atoms with Gasteiger partial charge in [0.05, 0.1) is 5.57 Å². The summed E-state index contributed by atoms with van der Waals surface area (Å²) in [4.78, 5) is 0. The Labute approximate surface area is 176 Å². The molecule has 4 rings (SSSR count).